The molecule has 1 aliphatic rings. The highest BCUT2D eigenvalue weighted by molar-refractivity contribution is 6.32. The topological polar surface area (TPSA) is 64.1 Å². The van der Waals surface area contributed by atoms with E-state index >= 15 is 0 Å². The fourth-order valence-corrected chi connectivity index (χ4v) is 6.58. The van der Waals surface area contributed by atoms with Crippen LogP contribution in [0.3, 0.4) is 0 Å². The molecule has 6 rings (SSSR count). The number of aryl methyl sites for hydroxylation is 3. The largest absolute Gasteiger partial charge is 0.493 e. The van der Waals surface area contributed by atoms with Crippen molar-refractivity contribution in [2.24, 2.45) is 0 Å². The number of ether oxygens (including phenoxy) is 3. The first-order valence-electron chi connectivity index (χ1n) is 17.5. The Morgan fingerprint density at radius 1 is 0.808 bits per heavy atom. The quantitative estimate of drug-likeness (QED) is 0.0838. The Bertz CT molecular complexity index is 1950. The molecule has 0 amide bonds. The minimum absolute atomic E-state index is 0.221. The first kappa shape index (κ1) is 36.6. The first-order valence-corrected chi connectivity index (χ1v) is 17.8. The lowest BCUT2D eigenvalue weighted by atomic mass is 10.1. The molecule has 7 nitrogen and oxygen atoms in total. The molecule has 9 heteroatoms. The first-order chi connectivity index (χ1) is 25.2. The molecule has 1 aromatic heterocycles. The molecule has 0 saturated carbocycles. The number of carbonyl (C=O) groups excluding carboxylic acids is 1. The van der Waals surface area contributed by atoms with E-state index in [0.29, 0.717) is 29.0 Å². The number of aldehydes is 1. The maximum Gasteiger partial charge on any atom is 0.219 e. The minimum Gasteiger partial charge on any atom is -0.493 e. The van der Waals surface area contributed by atoms with Gasteiger partial charge in [0.05, 0.1) is 17.8 Å². The molecule has 0 bridgehead atoms. The lowest BCUT2D eigenvalue weighted by Crippen LogP contribution is -2.45. The normalized spacial score (nSPS) is 13.6. The van der Waals surface area contributed by atoms with Crippen LogP contribution in [0.4, 0.5) is 4.39 Å². The zero-order valence-electron chi connectivity index (χ0n) is 29.8. The van der Waals surface area contributed by atoms with Gasteiger partial charge in [0, 0.05) is 57.0 Å². The third-order valence-electron chi connectivity index (χ3n) is 9.00. The summed E-state index contributed by atoms with van der Waals surface area (Å²) >= 11 is 6.77. The van der Waals surface area contributed by atoms with Gasteiger partial charge in [-0.05, 0) is 96.6 Å². The van der Waals surface area contributed by atoms with E-state index in [1.807, 2.05) is 44.2 Å². The highest BCUT2D eigenvalue weighted by Crippen LogP contribution is 2.36. The van der Waals surface area contributed by atoms with Gasteiger partial charge >= 0.3 is 0 Å². The Labute approximate surface area is 310 Å². The molecule has 2 heterocycles. The highest BCUT2D eigenvalue weighted by Gasteiger charge is 2.22. The maximum absolute atomic E-state index is 13.7. The molecule has 0 unspecified atom stereocenters. The Hall–Kier alpha value is -5.18. The molecule has 0 spiro atoms. The van der Waals surface area contributed by atoms with Crippen molar-refractivity contribution in [1.29, 1.82) is 0 Å². The Kier molecular flexibility index (Phi) is 12.2. The number of nitrogens with zero attached hydrogens (tertiary/aromatic N) is 3. The lowest BCUT2D eigenvalue weighted by Gasteiger charge is -2.37. The van der Waals surface area contributed by atoms with E-state index in [1.165, 1.54) is 28.8 Å². The number of hydrogen-bond acceptors (Lipinski definition) is 7. The second kappa shape index (κ2) is 17.4. The van der Waals surface area contributed by atoms with Gasteiger partial charge in [0.15, 0.2) is 5.75 Å². The van der Waals surface area contributed by atoms with Crippen LogP contribution in [0.25, 0.3) is 5.70 Å². The predicted octanol–water partition coefficient (Wildman–Crippen LogP) is 9.15. The van der Waals surface area contributed by atoms with Gasteiger partial charge in [-0.25, -0.2) is 9.37 Å². The summed E-state index contributed by atoms with van der Waals surface area (Å²) in [6.45, 7) is 10.8. The Morgan fingerprint density at radius 3 is 2.21 bits per heavy atom. The summed E-state index contributed by atoms with van der Waals surface area (Å²) in [5.74, 6) is 1.98. The van der Waals surface area contributed by atoms with Gasteiger partial charge in [-0.3, -0.25) is 9.69 Å². The van der Waals surface area contributed by atoms with Crippen LogP contribution >= 0.6 is 11.6 Å². The van der Waals surface area contributed by atoms with E-state index < -0.39 is 0 Å². The van der Waals surface area contributed by atoms with Crippen LogP contribution in [-0.4, -0.2) is 53.9 Å². The molecule has 0 N–H and O–H groups in total. The molecule has 0 radical (unpaired) electrons. The van der Waals surface area contributed by atoms with Crippen LogP contribution in [0, 0.1) is 26.6 Å². The summed E-state index contributed by atoms with van der Waals surface area (Å²) < 4.78 is 31.5. The number of piperazine rings is 1. The van der Waals surface area contributed by atoms with Gasteiger partial charge in [0.25, 0.3) is 0 Å². The van der Waals surface area contributed by atoms with Gasteiger partial charge in [-0.2, -0.15) is 0 Å². The minimum atomic E-state index is -0.291. The SMILES string of the molecule is Cc1ccc(OCCc2ccc(CN3CCN(/C(=C/C=O)c4cc(C)c(Oc5ccc(OCc6cc(C)cc(F)c6)cn5)c(Cl)c4)CC3)cc2)cc1. The van der Waals surface area contributed by atoms with Crippen molar-refractivity contribution in [3.63, 3.8) is 0 Å². The van der Waals surface area contributed by atoms with E-state index in [0.717, 1.165) is 79.1 Å². The second-order valence-corrected chi connectivity index (χ2v) is 13.6. The Balaban J connectivity index is 1.00. The van der Waals surface area contributed by atoms with Gasteiger partial charge in [0.1, 0.15) is 30.2 Å². The van der Waals surface area contributed by atoms with Gasteiger partial charge in [-0.1, -0.05) is 59.6 Å². The average Bonchev–Trinajstić information content (AvgIpc) is 3.13. The zero-order chi connectivity index (χ0) is 36.5. The van der Waals surface area contributed by atoms with Crippen LogP contribution < -0.4 is 14.2 Å². The van der Waals surface area contributed by atoms with Crippen molar-refractivity contribution < 1.29 is 23.4 Å². The molecule has 0 atom stereocenters. The smallest absolute Gasteiger partial charge is 0.219 e. The van der Waals surface area contributed by atoms with Crippen molar-refractivity contribution in [3.8, 4) is 23.1 Å². The van der Waals surface area contributed by atoms with Crippen LogP contribution in [0.1, 0.15) is 38.9 Å². The number of carbonyl (C=O) groups is 1. The van der Waals surface area contributed by atoms with Crippen LogP contribution in [0.15, 0.2) is 103 Å². The second-order valence-electron chi connectivity index (χ2n) is 13.1. The third kappa shape index (κ3) is 9.99. The molecule has 268 valence electrons. The van der Waals surface area contributed by atoms with Crippen molar-refractivity contribution in [3.05, 3.63) is 153 Å². The molecule has 52 heavy (non-hydrogen) atoms. The predicted molar refractivity (Wildman–Crippen MR) is 204 cm³/mol. The monoisotopic (exact) mass is 719 g/mol. The molecule has 0 aliphatic carbocycles. The van der Waals surface area contributed by atoms with Gasteiger partial charge in [0.2, 0.25) is 5.88 Å². The van der Waals surface area contributed by atoms with Crippen molar-refractivity contribution in [2.75, 3.05) is 32.8 Å². The summed E-state index contributed by atoms with van der Waals surface area (Å²) in [6.07, 6.45) is 4.84. The van der Waals surface area contributed by atoms with E-state index in [2.05, 4.69) is 58.1 Å². The molecular weight excluding hydrogens is 677 g/mol. The molecule has 4 aromatic carbocycles. The number of benzene rings is 4. The van der Waals surface area contributed by atoms with E-state index in [1.54, 1.807) is 24.4 Å². The van der Waals surface area contributed by atoms with Crippen molar-refractivity contribution in [2.45, 2.75) is 40.3 Å². The molecular formula is C43H43ClFN3O4. The van der Waals surface area contributed by atoms with E-state index in [4.69, 9.17) is 25.8 Å². The molecule has 1 saturated heterocycles. The summed E-state index contributed by atoms with van der Waals surface area (Å²) in [4.78, 5) is 20.8. The summed E-state index contributed by atoms with van der Waals surface area (Å²) in [6, 6.07) is 29.0. The van der Waals surface area contributed by atoms with Crippen molar-refractivity contribution >= 4 is 23.6 Å². The summed E-state index contributed by atoms with van der Waals surface area (Å²) in [5, 5.41) is 0.416. The Morgan fingerprint density at radius 2 is 1.54 bits per heavy atom. The van der Waals surface area contributed by atoms with E-state index in [9.17, 15) is 9.18 Å². The maximum atomic E-state index is 13.7. The molecule has 5 aromatic rings. The van der Waals surface area contributed by atoms with Crippen molar-refractivity contribution in [1.82, 2.24) is 14.8 Å². The number of allylic oxidation sites excluding steroid dienone is 1. The molecule has 1 aliphatic heterocycles. The lowest BCUT2D eigenvalue weighted by molar-refractivity contribution is -0.104. The van der Waals surface area contributed by atoms with E-state index in [-0.39, 0.29) is 12.4 Å². The zero-order valence-corrected chi connectivity index (χ0v) is 30.5. The number of pyridine rings is 1. The number of rotatable bonds is 14. The van der Waals surface area contributed by atoms with Gasteiger partial charge < -0.3 is 19.1 Å². The third-order valence-corrected chi connectivity index (χ3v) is 9.28. The highest BCUT2D eigenvalue weighted by atomic mass is 35.5. The standard InChI is InChI=1S/C43H43ClFN3O4/c1-30-4-10-38(11-5-30)50-21-15-33-6-8-34(9-7-33)28-47-16-18-48(19-17-47)41(14-20-49)36-24-32(3)43(40(44)26-36)52-42-13-12-39(27-46-42)51-29-35-22-31(2)23-37(45)25-35/h4-14,20,22-27H,15-19,21,28-29H2,1-3H3/b41-14+. The number of halogens is 2. The summed E-state index contributed by atoms with van der Waals surface area (Å²) in [7, 11) is 0. The average molecular weight is 720 g/mol. The number of aromatic nitrogens is 1. The fraction of sp³-hybridized carbons (Fsp3) is 0.256. The fourth-order valence-electron chi connectivity index (χ4n) is 6.27. The molecule has 1 fully saturated rings. The van der Waals surface area contributed by atoms with Crippen LogP contribution in [0.2, 0.25) is 5.02 Å². The van der Waals surface area contributed by atoms with Crippen LogP contribution in [0.5, 0.6) is 23.1 Å². The van der Waals surface area contributed by atoms with Crippen LogP contribution in [-0.2, 0) is 24.4 Å². The van der Waals surface area contributed by atoms with Gasteiger partial charge in [-0.15, -0.1) is 0 Å². The number of hydrogen-bond donors (Lipinski definition) is 0. The summed E-state index contributed by atoms with van der Waals surface area (Å²) in [5.41, 5.74) is 7.81.